The van der Waals surface area contributed by atoms with E-state index in [9.17, 15) is 14.4 Å². The van der Waals surface area contributed by atoms with Crippen LogP contribution >= 0.6 is 11.3 Å². The molecule has 0 saturated heterocycles. The second-order valence-electron chi connectivity index (χ2n) is 7.15. The third kappa shape index (κ3) is 6.30. The van der Waals surface area contributed by atoms with Crippen molar-refractivity contribution < 1.29 is 33.3 Å². The number of carbonyl (C=O) groups is 3. The molecule has 35 heavy (non-hydrogen) atoms. The highest BCUT2D eigenvalue weighted by molar-refractivity contribution is 7.19. The van der Waals surface area contributed by atoms with E-state index in [-0.39, 0.29) is 28.7 Å². The Morgan fingerprint density at radius 2 is 1.69 bits per heavy atom. The number of nitrogens with one attached hydrogen (secondary N) is 2. The molecule has 0 aliphatic rings. The van der Waals surface area contributed by atoms with Gasteiger partial charge in [-0.1, -0.05) is 18.2 Å². The fourth-order valence-electron chi connectivity index (χ4n) is 3.19. The molecular weight excluding hydrogens is 472 g/mol. The highest BCUT2D eigenvalue weighted by atomic mass is 32.1. The van der Waals surface area contributed by atoms with Crippen molar-refractivity contribution in [1.82, 2.24) is 0 Å². The minimum absolute atomic E-state index is 0.118. The van der Waals surface area contributed by atoms with Crippen LogP contribution in [0.15, 0.2) is 48.5 Å². The predicted molar refractivity (Wildman–Crippen MR) is 133 cm³/mol. The van der Waals surface area contributed by atoms with Crippen molar-refractivity contribution >= 4 is 39.8 Å². The standard InChI is InChI=1S/C25H26N2O7S/c1-5-33-25(30)21-15(2)22(23(29)26-18-13-17(31-3)11-12-19(18)32-4)35-24(21)27-20(28)14-34-16-9-7-6-8-10-16/h6-13H,5,14H2,1-4H3,(H,26,29)(H,27,28). The van der Waals surface area contributed by atoms with E-state index in [0.717, 1.165) is 11.3 Å². The smallest absolute Gasteiger partial charge is 0.341 e. The van der Waals surface area contributed by atoms with Crippen molar-refractivity contribution in [3.05, 3.63) is 64.5 Å². The Hall–Kier alpha value is -4.05. The quantitative estimate of drug-likeness (QED) is 0.395. The van der Waals surface area contributed by atoms with Crippen LogP contribution in [0.4, 0.5) is 10.7 Å². The Labute approximate surface area is 207 Å². The van der Waals surface area contributed by atoms with Gasteiger partial charge in [0.25, 0.3) is 11.8 Å². The Balaban J connectivity index is 1.86. The Bertz CT molecular complexity index is 1210. The largest absolute Gasteiger partial charge is 0.497 e. The molecule has 9 nitrogen and oxygen atoms in total. The second-order valence-corrected chi connectivity index (χ2v) is 8.17. The van der Waals surface area contributed by atoms with E-state index in [1.165, 1.54) is 14.2 Å². The van der Waals surface area contributed by atoms with Crippen molar-refractivity contribution in [2.45, 2.75) is 13.8 Å². The average Bonchev–Trinajstić information content (AvgIpc) is 3.19. The third-order valence-corrected chi connectivity index (χ3v) is 6.06. The zero-order chi connectivity index (χ0) is 25.4. The summed E-state index contributed by atoms with van der Waals surface area (Å²) in [5.74, 6) is -0.109. The van der Waals surface area contributed by atoms with Crippen LogP contribution in [0.3, 0.4) is 0 Å². The number of thiophene rings is 1. The number of esters is 1. The number of hydrogen-bond donors (Lipinski definition) is 2. The summed E-state index contributed by atoms with van der Waals surface area (Å²) >= 11 is 0.969. The van der Waals surface area contributed by atoms with Gasteiger partial charge in [0.15, 0.2) is 6.61 Å². The lowest BCUT2D eigenvalue weighted by atomic mass is 10.1. The summed E-state index contributed by atoms with van der Waals surface area (Å²) < 4.78 is 21.2. The minimum atomic E-state index is -0.640. The number of hydrogen-bond acceptors (Lipinski definition) is 8. The van der Waals surface area contributed by atoms with Crippen molar-refractivity contribution in [3.8, 4) is 17.2 Å². The van der Waals surface area contributed by atoms with E-state index in [0.29, 0.717) is 28.5 Å². The monoisotopic (exact) mass is 498 g/mol. The van der Waals surface area contributed by atoms with E-state index >= 15 is 0 Å². The number of anilines is 2. The molecule has 184 valence electrons. The van der Waals surface area contributed by atoms with E-state index < -0.39 is 17.8 Å². The number of rotatable bonds is 10. The van der Waals surface area contributed by atoms with Crippen molar-refractivity contribution in [1.29, 1.82) is 0 Å². The highest BCUT2D eigenvalue weighted by Crippen LogP contribution is 2.36. The average molecular weight is 499 g/mol. The van der Waals surface area contributed by atoms with Gasteiger partial charge in [0.05, 0.1) is 37.0 Å². The number of ether oxygens (including phenoxy) is 4. The van der Waals surface area contributed by atoms with Crippen molar-refractivity contribution in [2.24, 2.45) is 0 Å². The SMILES string of the molecule is CCOC(=O)c1c(NC(=O)COc2ccccc2)sc(C(=O)Nc2cc(OC)ccc2OC)c1C. The van der Waals surface area contributed by atoms with Crippen molar-refractivity contribution in [2.75, 3.05) is 38.1 Å². The zero-order valence-corrected chi connectivity index (χ0v) is 20.6. The van der Waals surface area contributed by atoms with Crippen LogP contribution in [0.1, 0.15) is 32.5 Å². The molecule has 0 aliphatic carbocycles. The normalized spacial score (nSPS) is 10.3. The van der Waals surface area contributed by atoms with Crippen LogP contribution in [-0.4, -0.2) is 45.2 Å². The van der Waals surface area contributed by atoms with Crippen LogP contribution in [-0.2, 0) is 9.53 Å². The van der Waals surface area contributed by atoms with Crippen LogP contribution < -0.4 is 24.8 Å². The molecule has 0 atom stereocenters. The topological polar surface area (TPSA) is 112 Å². The summed E-state index contributed by atoms with van der Waals surface area (Å²) in [7, 11) is 3.00. The number of carbonyl (C=O) groups excluding carboxylic acids is 3. The van der Waals surface area contributed by atoms with E-state index in [1.54, 1.807) is 56.3 Å². The fraction of sp³-hybridized carbons (Fsp3) is 0.240. The summed E-state index contributed by atoms with van der Waals surface area (Å²) in [4.78, 5) is 38.6. The number of para-hydroxylation sites is 1. The number of benzene rings is 2. The highest BCUT2D eigenvalue weighted by Gasteiger charge is 2.27. The van der Waals surface area contributed by atoms with Gasteiger partial charge in [0.2, 0.25) is 0 Å². The third-order valence-electron chi connectivity index (χ3n) is 4.85. The molecule has 3 rings (SSSR count). The molecule has 10 heteroatoms. The van der Waals surface area contributed by atoms with Gasteiger partial charge in [-0.05, 0) is 43.7 Å². The molecule has 0 spiro atoms. The van der Waals surface area contributed by atoms with E-state index in [2.05, 4.69) is 10.6 Å². The van der Waals surface area contributed by atoms with Gasteiger partial charge in [-0.2, -0.15) is 0 Å². The molecule has 1 heterocycles. The van der Waals surface area contributed by atoms with E-state index in [4.69, 9.17) is 18.9 Å². The van der Waals surface area contributed by atoms with Crippen LogP contribution in [0, 0.1) is 6.92 Å². The first-order valence-corrected chi connectivity index (χ1v) is 11.5. The van der Waals surface area contributed by atoms with Crippen LogP contribution in [0.25, 0.3) is 0 Å². The summed E-state index contributed by atoms with van der Waals surface area (Å²) in [6.07, 6.45) is 0. The maximum Gasteiger partial charge on any atom is 0.341 e. The molecule has 0 aliphatic heterocycles. The molecule has 1 aromatic heterocycles. The molecule has 2 N–H and O–H groups in total. The Morgan fingerprint density at radius 1 is 0.943 bits per heavy atom. The maximum absolute atomic E-state index is 13.2. The molecule has 2 amide bonds. The summed E-state index contributed by atoms with van der Waals surface area (Å²) in [6.45, 7) is 3.16. The lowest BCUT2D eigenvalue weighted by molar-refractivity contribution is -0.118. The number of methoxy groups -OCH3 is 2. The Morgan fingerprint density at radius 3 is 2.34 bits per heavy atom. The molecule has 0 fully saturated rings. The molecule has 0 saturated carbocycles. The van der Waals surface area contributed by atoms with Crippen molar-refractivity contribution in [3.63, 3.8) is 0 Å². The van der Waals surface area contributed by atoms with Crippen LogP contribution in [0.2, 0.25) is 0 Å². The van der Waals surface area contributed by atoms with Gasteiger partial charge >= 0.3 is 5.97 Å². The van der Waals surface area contributed by atoms with E-state index in [1.807, 2.05) is 6.07 Å². The van der Waals surface area contributed by atoms with Gasteiger partial charge in [0, 0.05) is 6.07 Å². The second kappa shape index (κ2) is 11.9. The molecule has 0 unspecified atom stereocenters. The number of amides is 2. The molecule has 3 aromatic rings. The first-order chi connectivity index (χ1) is 16.9. The molecule has 2 aromatic carbocycles. The first-order valence-electron chi connectivity index (χ1n) is 10.7. The predicted octanol–water partition coefficient (Wildman–Crippen LogP) is 4.52. The zero-order valence-electron chi connectivity index (χ0n) is 19.8. The van der Waals surface area contributed by atoms with Gasteiger partial charge in [-0.25, -0.2) is 4.79 Å². The molecule has 0 radical (unpaired) electrons. The molecule has 0 bridgehead atoms. The lowest BCUT2D eigenvalue weighted by Gasteiger charge is -2.11. The lowest BCUT2D eigenvalue weighted by Crippen LogP contribution is -2.21. The summed E-state index contributed by atoms with van der Waals surface area (Å²) in [5.41, 5.74) is 0.893. The summed E-state index contributed by atoms with van der Waals surface area (Å²) in [6, 6.07) is 13.8. The summed E-state index contributed by atoms with van der Waals surface area (Å²) in [5, 5.41) is 5.65. The van der Waals surface area contributed by atoms with Gasteiger partial charge < -0.3 is 29.6 Å². The first kappa shape index (κ1) is 25.6. The van der Waals surface area contributed by atoms with Gasteiger partial charge in [-0.15, -0.1) is 11.3 Å². The van der Waals surface area contributed by atoms with Gasteiger partial charge in [-0.3, -0.25) is 9.59 Å². The fourth-order valence-corrected chi connectivity index (χ4v) is 4.29. The maximum atomic E-state index is 13.2. The Kier molecular flexibility index (Phi) is 8.69. The molecular formula is C25H26N2O7S. The van der Waals surface area contributed by atoms with Gasteiger partial charge in [0.1, 0.15) is 22.2 Å². The van der Waals surface area contributed by atoms with Crippen LogP contribution in [0.5, 0.6) is 17.2 Å². The minimum Gasteiger partial charge on any atom is -0.497 e.